The van der Waals surface area contributed by atoms with Gasteiger partial charge in [0.25, 0.3) is 0 Å². The molecule has 0 fully saturated rings. The fourth-order valence-electron chi connectivity index (χ4n) is 1.55. The fourth-order valence-corrected chi connectivity index (χ4v) is 1.68. The molecule has 0 aliphatic heterocycles. The molecule has 2 rings (SSSR count). The van der Waals surface area contributed by atoms with Gasteiger partial charge in [0.2, 0.25) is 0 Å². The zero-order valence-electron chi connectivity index (χ0n) is 9.38. The average molecular weight is 269 g/mol. The van der Waals surface area contributed by atoms with Gasteiger partial charge < -0.3 is 11.1 Å². The van der Waals surface area contributed by atoms with E-state index in [1.807, 2.05) is 0 Å². The van der Waals surface area contributed by atoms with Crippen LogP contribution in [0, 0.1) is 11.6 Å². The Hall–Kier alpha value is -1.81. The van der Waals surface area contributed by atoms with E-state index in [1.54, 1.807) is 24.3 Å². The maximum absolute atomic E-state index is 13.5. The van der Waals surface area contributed by atoms with Crippen LogP contribution >= 0.6 is 11.6 Å². The van der Waals surface area contributed by atoms with Gasteiger partial charge in [0.15, 0.2) is 11.6 Å². The summed E-state index contributed by atoms with van der Waals surface area (Å²) in [6.07, 6.45) is 0. The van der Waals surface area contributed by atoms with Crippen LogP contribution in [0.15, 0.2) is 36.4 Å². The van der Waals surface area contributed by atoms with Gasteiger partial charge in [0.1, 0.15) is 5.69 Å². The summed E-state index contributed by atoms with van der Waals surface area (Å²) >= 11 is 5.74. The maximum Gasteiger partial charge on any atom is 0.151 e. The Morgan fingerprint density at radius 2 is 1.61 bits per heavy atom. The lowest BCUT2D eigenvalue weighted by Crippen LogP contribution is -2.04. The van der Waals surface area contributed by atoms with Crippen LogP contribution in [-0.4, -0.2) is 0 Å². The van der Waals surface area contributed by atoms with Gasteiger partial charge in [-0.25, -0.2) is 8.78 Å². The Bertz CT molecular complexity index is 532. The molecule has 0 amide bonds. The van der Waals surface area contributed by atoms with Crippen molar-refractivity contribution in [2.45, 2.75) is 6.54 Å². The summed E-state index contributed by atoms with van der Waals surface area (Å²) in [5.74, 6) is -1.41. The number of nitrogens with one attached hydrogen (secondary N) is 1. The van der Waals surface area contributed by atoms with Gasteiger partial charge in [-0.15, -0.1) is 0 Å². The van der Waals surface area contributed by atoms with Crippen LogP contribution in [0.2, 0.25) is 5.02 Å². The monoisotopic (exact) mass is 268 g/mol. The predicted octanol–water partition coefficient (Wildman–Crippen LogP) is 3.81. The number of rotatable bonds is 3. The average Bonchev–Trinajstić information content (AvgIpc) is 2.30. The van der Waals surface area contributed by atoms with Crippen LogP contribution in [0.3, 0.4) is 0 Å². The van der Waals surface area contributed by atoms with Gasteiger partial charge in [-0.1, -0.05) is 23.7 Å². The van der Waals surface area contributed by atoms with E-state index in [1.165, 1.54) is 0 Å². The lowest BCUT2D eigenvalue weighted by atomic mass is 10.2. The molecule has 0 saturated carbocycles. The number of anilines is 2. The topological polar surface area (TPSA) is 38.0 Å². The molecule has 5 heteroatoms. The minimum absolute atomic E-state index is 0.0574. The fraction of sp³-hybridized carbons (Fsp3) is 0.0769. The Morgan fingerprint density at radius 3 is 2.17 bits per heavy atom. The van der Waals surface area contributed by atoms with E-state index in [2.05, 4.69) is 5.32 Å². The summed E-state index contributed by atoms with van der Waals surface area (Å²) in [6, 6.07) is 9.15. The molecule has 2 aromatic carbocycles. The second kappa shape index (κ2) is 5.23. The molecule has 0 heterocycles. The van der Waals surface area contributed by atoms with Crippen molar-refractivity contribution in [3.8, 4) is 0 Å². The van der Waals surface area contributed by atoms with Crippen molar-refractivity contribution >= 4 is 23.0 Å². The SMILES string of the molecule is Nc1cc(F)c(NCc2ccc(Cl)cc2)c(F)c1. The summed E-state index contributed by atoms with van der Waals surface area (Å²) in [4.78, 5) is 0. The second-order valence-corrected chi connectivity index (χ2v) is 4.28. The van der Waals surface area contributed by atoms with Gasteiger partial charge in [-0.05, 0) is 29.8 Å². The molecule has 2 aromatic rings. The van der Waals surface area contributed by atoms with Crippen LogP contribution in [0.1, 0.15) is 5.56 Å². The molecule has 0 aromatic heterocycles. The molecule has 2 nitrogen and oxygen atoms in total. The number of nitrogens with two attached hydrogens (primary N) is 1. The summed E-state index contributed by atoms with van der Waals surface area (Å²) in [6.45, 7) is 0.301. The minimum atomic E-state index is -0.707. The van der Waals surface area contributed by atoms with E-state index in [0.29, 0.717) is 11.6 Å². The van der Waals surface area contributed by atoms with Crippen molar-refractivity contribution in [2.24, 2.45) is 0 Å². The van der Waals surface area contributed by atoms with E-state index >= 15 is 0 Å². The highest BCUT2D eigenvalue weighted by molar-refractivity contribution is 6.30. The van der Waals surface area contributed by atoms with Crippen molar-refractivity contribution in [3.63, 3.8) is 0 Å². The Morgan fingerprint density at radius 1 is 1.06 bits per heavy atom. The molecular weight excluding hydrogens is 258 g/mol. The molecule has 0 aliphatic carbocycles. The zero-order chi connectivity index (χ0) is 13.1. The third-order valence-electron chi connectivity index (χ3n) is 2.45. The van der Waals surface area contributed by atoms with Crippen LogP contribution < -0.4 is 11.1 Å². The quantitative estimate of drug-likeness (QED) is 0.831. The van der Waals surface area contributed by atoms with Gasteiger partial charge in [-0.3, -0.25) is 0 Å². The van der Waals surface area contributed by atoms with E-state index in [4.69, 9.17) is 17.3 Å². The van der Waals surface area contributed by atoms with Crippen molar-refractivity contribution in [1.29, 1.82) is 0 Å². The predicted molar refractivity (Wildman–Crippen MR) is 69.5 cm³/mol. The van der Waals surface area contributed by atoms with Gasteiger partial charge in [-0.2, -0.15) is 0 Å². The number of hydrogen-bond donors (Lipinski definition) is 2. The molecule has 0 spiro atoms. The second-order valence-electron chi connectivity index (χ2n) is 3.84. The third kappa shape index (κ3) is 2.90. The van der Waals surface area contributed by atoms with Gasteiger partial charge >= 0.3 is 0 Å². The normalized spacial score (nSPS) is 10.4. The summed E-state index contributed by atoms with van der Waals surface area (Å²) < 4.78 is 26.9. The van der Waals surface area contributed by atoms with Crippen molar-refractivity contribution in [3.05, 3.63) is 58.6 Å². The maximum atomic E-state index is 13.5. The highest BCUT2D eigenvalue weighted by Crippen LogP contribution is 2.22. The molecule has 0 aliphatic rings. The minimum Gasteiger partial charge on any atom is -0.399 e. The van der Waals surface area contributed by atoms with Gasteiger partial charge in [0.05, 0.1) is 0 Å². The lowest BCUT2D eigenvalue weighted by molar-refractivity contribution is 0.589. The van der Waals surface area contributed by atoms with Crippen LogP contribution in [0.25, 0.3) is 0 Å². The summed E-state index contributed by atoms with van der Waals surface area (Å²) in [7, 11) is 0. The van der Waals surface area contributed by atoms with E-state index < -0.39 is 11.6 Å². The first kappa shape index (κ1) is 12.6. The van der Waals surface area contributed by atoms with Gasteiger partial charge in [0, 0.05) is 17.3 Å². The van der Waals surface area contributed by atoms with Crippen molar-refractivity contribution in [1.82, 2.24) is 0 Å². The first-order valence-corrected chi connectivity index (χ1v) is 5.67. The third-order valence-corrected chi connectivity index (χ3v) is 2.70. The Labute approximate surface area is 108 Å². The molecule has 94 valence electrons. The number of nitrogen functional groups attached to an aromatic ring is 1. The van der Waals surface area contributed by atoms with E-state index in [0.717, 1.165) is 17.7 Å². The molecule has 0 atom stereocenters. The highest BCUT2D eigenvalue weighted by atomic mass is 35.5. The van der Waals surface area contributed by atoms with Crippen LogP contribution in [0.5, 0.6) is 0 Å². The first-order chi connectivity index (χ1) is 8.56. The molecule has 0 radical (unpaired) electrons. The molecule has 3 N–H and O–H groups in total. The number of benzene rings is 2. The van der Waals surface area contributed by atoms with Crippen molar-refractivity contribution < 1.29 is 8.78 Å². The first-order valence-electron chi connectivity index (χ1n) is 5.29. The van der Waals surface area contributed by atoms with E-state index in [-0.39, 0.29) is 11.4 Å². The van der Waals surface area contributed by atoms with Crippen molar-refractivity contribution in [2.75, 3.05) is 11.1 Å². The largest absolute Gasteiger partial charge is 0.399 e. The van der Waals surface area contributed by atoms with Crippen LogP contribution in [0.4, 0.5) is 20.2 Å². The highest BCUT2D eigenvalue weighted by Gasteiger charge is 2.09. The summed E-state index contributed by atoms with van der Waals surface area (Å²) in [5.41, 5.74) is 6.08. The Balaban J connectivity index is 2.13. The smallest absolute Gasteiger partial charge is 0.151 e. The lowest BCUT2D eigenvalue weighted by Gasteiger charge is -2.09. The van der Waals surface area contributed by atoms with E-state index in [9.17, 15) is 8.78 Å². The molecule has 18 heavy (non-hydrogen) atoms. The zero-order valence-corrected chi connectivity index (χ0v) is 10.1. The molecular formula is C13H11ClF2N2. The summed E-state index contributed by atoms with van der Waals surface area (Å²) in [5, 5.41) is 3.31. The number of halogens is 3. The molecule has 0 unspecified atom stereocenters. The molecule has 0 bridgehead atoms. The number of hydrogen-bond acceptors (Lipinski definition) is 2. The van der Waals surface area contributed by atoms with Crippen LogP contribution in [-0.2, 0) is 6.54 Å². The molecule has 0 saturated heterocycles. The standard InChI is InChI=1S/C13H11ClF2N2/c14-9-3-1-8(2-4-9)7-18-13-11(15)5-10(17)6-12(13)16/h1-6,18H,7,17H2. The Kier molecular flexibility index (Phi) is 3.67.